The van der Waals surface area contributed by atoms with Crippen LogP contribution in [0.3, 0.4) is 0 Å². The van der Waals surface area contributed by atoms with Crippen molar-refractivity contribution in [2.75, 3.05) is 13.6 Å². The zero-order valence-corrected chi connectivity index (χ0v) is 19.1. The minimum absolute atomic E-state index is 0.00655. The van der Waals surface area contributed by atoms with Crippen LogP contribution in [-0.2, 0) is 17.1 Å². The van der Waals surface area contributed by atoms with Crippen molar-refractivity contribution in [2.45, 2.75) is 51.1 Å². The van der Waals surface area contributed by atoms with E-state index in [1.165, 1.54) is 37.1 Å². The Labute approximate surface area is 197 Å². The normalized spacial score (nSPS) is 17.9. The van der Waals surface area contributed by atoms with Crippen LogP contribution in [0.1, 0.15) is 59.7 Å². The average molecular weight is 504 g/mol. The summed E-state index contributed by atoms with van der Waals surface area (Å²) < 4.78 is 93.2. The Morgan fingerprint density at radius 2 is 1.60 bits per heavy atom. The van der Waals surface area contributed by atoms with Crippen molar-refractivity contribution >= 4 is 11.8 Å². The number of nitrogens with zero attached hydrogens (tertiary/aromatic N) is 2. The van der Waals surface area contributed by atoms with Gasteiger partial charge >= 0.3 is 18.4 Å². The van der Waals surface area contributed by atoms with E-state index in [1.54, 1.807) is 6.92 Å². The van der Waals surface area contributed by atoms with Gasteiger partial charge in [-0.2, -0.15) is 26.3 Å². The minimum Gasteiger partial charge on any atom is -0.321 e. The van der Waals surface area contributed by atoms with Crippen LogP contribution < -0.4 is 0 Å². The maximum absolute atomic E-state index is 13.6. The molecule has 1 unspecified atom stereocenters. The summed E-state index contributed by atoms with van der Waals surface area (Å²) in [5.41, 5.74) is -2.25. The minimum atomic E-state index is -5.02. The molecule has 2 aromatic carbocycles. The number of aryl methyl sites for hydroxylation is 1. The highest BCUT2D eigenvalue weighted by Crippen LogP contribution is 2.39. The van der Waals surface area contributed by atoms with Crippen LogP contribution >= 0.6 is 0 Å². The molecule has 1 fully saturated rings. The molecule has 2 atom stereocenters. The number of urea groups is 1. The number of likely N-dealkylation sites (tertiary alicyclic amines) is 1. The average Bonchev–Trinajstić information content (AvgIpc) is 2.76. The number of Topliss-reactive ketones (excluding diaryl/α,β-unsaturated/α-hetero) is 1. The number of amides is 2. The first-order valence-corrected chi connectivity index (χ1v) is 10.7. The highest BCUT2D eigenvalue weighted by atomic mass is 19.4. The van der Waals surface area contributed by atoms with Crippen LogP contribution in [0.15, 0.2) is 36.4 Å². The molecule has 0 spiro atoms. The molecule has 4 nitrogen and oxygen atoms in total. The van der Waals surface area contributed by atoms with Crippen molar-refractivity contribution in [2.24, 2.45) is 0 Å². The molecule has 190 valence electrons. The number of piperidine rings is 1. The summed E-state index contributed by atoms with van der Waals surface area (Å²) in [6.07, 6.45) is -10.0. The third-order valence-corrected chi connectivity index (χ3v) is 6.24. The monoisotopic (exact) mass is 504 g/mol. The van der Waals surface area contributed by atoms with E-state index in [0.29, 0.717) is 23.3 Å². The van der Waals surface area contributed by atoms with Crippen molar-refractivity contribution in [3.05, 3.63) is 70.0 Å². The fourth-order valence-electron chi connectivity index (χ4n) is 4.16. The summed E-state index contributed by atoms with van der Waals surface area (Å²) in [7, 11) is 1.27. The van der Waals surface area contributed by atoms with Gasteiger partial charge in [-0.3, -0.25) is 4.79 Å². The molecule has 11 heteroatoms. The van der Waals surface area contributed by atoms with Crippen molar-refractivity contribution < 1.29 is 40.3 Å². The van der Waals surface area contributed by atoms with Crippen LogP contribution in [0.25, 0.3) is 0 Å². The first kappa shape index (κ1) is 26.5. The standard InChI is InChI=1S/C24H23F7N2O2/c1-13-8-18(25)4-5-20(13)21-12-19(34)6-7-33(21)22(35)32(3)14(2)15-9-16(23(26,27)28)11-17(10-15)24(29,30)31/h4-5,8-11,14,21H,6-7,12H2,1-3H3/t14-,21?/m1/s1. The highest BCUT2D eigenvalue weighted by molar-refractivity contribution is 5.84. The summed E-state index contributed by atoms with van der Waals surface area (Å²) in [5, 5.41) is 0. The molecule has 1 aliphatic heterocycles. The number of carbonyl (C=O) groups excluding carboxylic acids is 2. The predicted molar refractivity (Wildman–Crippen MR) is 113 cm³/mol. The van der Waals surface area contributed by atoms with Crippen LogP contribution in [0.4, 0.5) is 35.5 Å². The molecule has 0 N–H and O–H groups in total. The summed E-state index contributed by atoms with van der Waals surface area (Å²) >= 11 is 0. The van der Waals surface area contributed by atoms with E-state index < -0.39 is 47.4 Å². The van der Waals surface area contributed by atoms with Crippen molar-refractivity contribution in [1.29, 1.82) is 0 Å². The quantitative estimate of drug-likeness (QED) is 0.437. The molecule has 0 aliphatic carbocycles. The van der Waals surface area contributed by atoms with Crippen LogP contribution in [0.5, 0.6) is 0 Å². The van der Waals surface area contributed by atoms with E-state index in [0.717, 1.165) is 4.90 Å². The lowest BCUT2D eigenvalue weighted by atomic mass is 9.91. The maximum atomic E-state index is 13.6. The van der Waals surface area contributed by atoms with E-state index >= 15 is 0 Å². The fraction of sp³-hybridized carbons (Fsp3) is 0.417. The number of ketones is 1. The van der Waals surface area contributed by atoms with Gasteiger partial charge in [0.25, 0.3) is 0 Å². The molecule has 1 aliphatic rings. The van der Waals surface area contributed by atoms with E-state index in [2.05, 4.69) is 0 Å². The number of hydrogen-bond donors (Lipinski definition) is 0. The predicted octanol–water partition coefficient (Wildman–Crippen LogP) is 6.69. The molecule has 0 aromatic heterocycles. The van der Waals surface area contributed by atoms with E-state index in [9.17, 15) is 40.3 Å². The number of alkyl halides is 6. The zero-order chi connectivity index (χ0) is 26.3. The molecule has 2 aromatic rings. The van der Waals surface area contributed by atoms with Gasteiger partial charge in [0, 0.05) is 26.4 Å². The Morgan fingerprint density at radius 1 is 1.03 bits per heavy atom. The first-order valence-electron chi connectivity index (χ1n) is 10.7. The molecule has 3 rings (SSSR count). The molecule has 35 heavy (non-hydrogen) atoms. The fourth-order valence-corrected chi connectivity index (χ4v) is 4.16. The summed E-state index contributed by atoms with van der Waals surface area (Å²) in [4.78, 5) is 27.9. The smallest absolute Gasteiger partial charge is 0.321 e. The second-order valence-corrected chi connectivity index (χ2v) is 8.61. The lowest BCUT2D eigenvalue weighted by Gasteiger charge is -2.40. The molecule has 1 heterocycles. The SMILES string of the molecule is Cc1cc(F)ccc1C1CC(=O)CCN1C(=O)N(C)[C@H](C)c1cc(C(F)(F)F)cc(C(F)(F)F)c1. The third kappa shape index (κ3) is 5.76. The van der Waals surface area contributed by atoms with E-state index in [1.807, 2.05) is 0 Å². The third-order valence-electron chi connectivity index (χ3n) is 6.24. The summed E-state index contributed by atoms with van der Waals surface area (Å²) in [6.45, 7) is 2.95. The second kappa shape index (κ2) is 9.50. The first-order chi connectivity index (χ1) is 16.1. The Bertz CT molecular complexity index is 1100. The molecule has 0 radical (unpaired) electrons. The number of rotatable bonds is 3. The Balaban J connectivity index is 1.96. The lowest BCUT2D eigenvalue weighted by Crippen LogP contribution is -2.48. The van der Waals surface area contributed by atoms with Crippen molar-refractivity contribution in [1.82, 2.24) is 9.80 Å². The lowest BCUT2D eigenvalue weighted by molar-refractivity contribution is -0.143. The van der Waals surface area contributed by atoms with Gasteiger partial charge in [-0.25, -0.2) is 9.18 Å². The number of hydrogen-bond acceptors (Lipinski definition) is 2. The Morgan fingerprint density at radius 3 is 2.11 bits per heavy atom. The van der Waals surface area contributed by atoms with Crippen molar-refractivity contribution in [3.8, 4) is 0 Å². The van der Waals surface area contributed by atoms with Gasteiger partial charge in [0.1, 0.15) is 11.6 Å². The molecule has 2 amide bonds. The van der Waals surface area contributed by atoms with Gasteiger partial charge in [-0.05, 0) is 60.9 Å². The Kier molecular flexibility index (Phi) is 7.19. The molecule has 1 saturated heterocycles. The molecular weight excluding hydrogens is 481 g/mol. The summed E-state index contributed by atoms with van der Waals surface area (Å²) in [6, 6.07) is 2.54. The zero-order valence-electron chi connectivity index (χ0n) is 19.1. The number of carbonyl (C=O) groups is 2. The van der Waals surface area contributed by atoms with Crippen LogP contribution in [0.2, 0.25) is 0 Å². The van der Waals surface area contributed by atoms with E-state index in [4.69, 9.17) is 0 Å². The van der Waals surface area contributed by atoms with Gasteiger partial charge in [0.15, 0.2) is 0 Å². The maximum Gasteiger partial charge on any atom is 0.416 e. The van der Waals surface area contributed by atoms with Crippen LogP contribution in [-0.4, -0.2) is 35.2 Å². The van der Waals surface area contributed by atoms with Crippen LogP contribution in [0, 0.1) is 12.7 Å². The topological polar surface area (TPSA) is 40.6 Å². The highest BCUT2D eigenvalue weighted by Gasteiger charge is 2.39. The summed E-state index contributed by atoms with van der Waals surface area (Å²) in [5.74, 6) is -0.617. The molecular formula is C24H23F7N2O2. The van der Waals surface area contributed by atoms with Gasteiger partial charge < -0.3 is 9.80 Å². The number of halogens is 7. The number of benzene rings is 2. The van der Waals surface area contributed by atoms with Gasteiger partial charge in [-0.15, -0.1) is 0 Å². The van der Waals surface area contributed by atoms with Gasteiger partial charge in [0.2, 0.25) is 0 Å². The van der Waals surface area contributed by atoms with E-state index in [-0.39, 0.29) is 36.8 Å². The Hall–Kier alpha value is -3.11. The van der Waals surface area contributed by atoms with Gasteiger partial charge in [-0.1, -0.05) is 6.07 Å². The van der Waals surface area contributed by atoms with Crippen molar-refractivity contribution in [3.63, 3.8) is 0 Å². The molecule has 0 bridgehead atoms. The second-order valence-electron chi connectivity index (χ2n) is 8.61. The molecule has 0 saturated carbocycles. The largest absolute Gasteiger partial charge is 0.416 e. The van der Waals surface area contributed by atoms with Gasteiger partial charge in [0.05, 0.1) is 23.2 Å².